The minimum absolute atomic E-state index is 0.100. The van der Waals surface area contributed by atoms with Crippen LogP contribution in [-0.2, 0) is 28.7 Å². The Kier molecular flexibility index (Phi) is 9.53. The van der Waals surface area contributed by atoms with Gasteiger partial charge in [-0.25, -0.2) is 0 Å². The number of aliphatic hydroxyl groups is 1. The van der Waals surface area contributed by atoms with Crippen LogP contribution in [0.2, 0.25) is 5.02 Å². The fourth-order valence-electron chi connectivity index (χ4n) is 7.80. The number of carbonyl (C=O) groups is 4. The molecule has 3 amide bonds. The van der Waals surface area contributed by atoms with E-state index >= 15 is 0 Å². The summed E-state index contributed by atoms with van der Waals surface area (Å²) in [6.07, 6.45) is 6.28. The highest BCUT2D eigenvalue weighted by molar-refractivity contribution is 6.34. The Bertz CT molecular complexity index is 1620. The van der Waals surface area contributed by atoms with Gasteiger partial charge in [0.1, 0.15) is 23.7 Å². The third-order valence-corrected chi connectivity index (χ3v) is 10.7. The molecule has 6 rings (SSSR count). The summed E-state index contributed by atoms with van der Waals surface area (Å²) >= 11 is 6.66. The van der Waals surface area contributed by atoms with Crippen molar-refractivity contribution < 1.29 is 33.8 Å². The number of cyclic esters (lactones) is 1. The average molecular weight is 676 g/mol. The molecule has 8 atom stereocenters. The molecule has 2 fully saturated rings. The summed E-state index contributed by atoms with van der Waals surface area (Å²) in [5.74, 6) is -3.87. The molecule has 4 aliphatic heterocycles. The Hall–Kier alpha value is -3.99. The predicted octanol–water partition coefficient (Wildman–Crippen LogP) is 4.38. The monoisotopic (exact) mass is 675 g/mol. The highest BCUT2D eigenvalue weighted by Gasteiger charge is 2.72. The van der Waals surface area contributed by atoms with Crippen LogP contribution in [0.4, 0.5) is 5.69 Å². The SMILES string of the molecule is CC[C@@H](CO)N1C(=O)[C@@H]2[C@H]3C(=O)O[C@H](c4ccccc4)[C@@H](C)N(C)C(=O)CC/C=C\[C@H]3O[C@@]23C=CCN(c2c(C)cccc2Cl)C(=O)[C@@H]13. The number of nitrogens with zero attached hydrogens (tertiary/aromatic N) is 3. The van der Waals surface area contributed by atoms with Crippen LogP contribution < -0.4 is 4.90 Å². The number of likely N-dealkylation sites (tertiary alicyclic amines) is 1. The van der Waals surface area contributed by atoms with E-state index in [2.05, 4.69) is 0 Å². The lowest BCUT2D eigenvalue weighted by Crippen LogP contribution is -2.58. The number of fused-ring (bicyclic) bond motifs is 2. The molecule has 2 aromatic carbocycles. The number of carbonyl (C=O) groups excluding carboxylic acids is 4. The highest BCUT2D eigenvalue weighted by atomic mass is 35.5. The van der Waals surface area contributed by atoms with Crippen molar-refractivity contribution >= 4 is 41.0 Å². The van der Waals surface area contributed by atoms with Crippen molar-refractivity contribution in [3.8, 4) is 0 Å². The van der Waals surface area contributed by atoms with Gasteiger partial charge in [0, 0.05) is 20.0 Å². The first kappa shape index (κ1) is 33.9. The summed E-state index contributed by atoms with van der Waals surface area (Å²) in [7, 11) is 1.69. The fraction of sp³-hybridized carbons (Fsp3) is 0.459. The Labute approximate surface area is 285 Å². The first-order chi connectivity index (χ1) is 23.0. The number of benzene rings is 2. The molecule has 1 spiro atoms. The van der Waals surface area contributed by atoms with Crippen LogP contribution in [0.1, 0.15) is 50.3 Å². The standard InChI is InChI=1S/C37H42ClN3O7/c1-5-25(21-42)41-33-35(45)40(31-22(2)13-11-16-26(31)38)20-12-19-37(33)30(34(41)44)29-27(48-37)17-9-10-18-28(43)39(4)23(3)32(47-36(29)46)24-14-7-6-8-15-24/h6-9,11-17,19,23,25,27,29-30,32-33,42H,5,10,18,20-21H2,1-4H3/b17-9-/t23-,25+,27-,29+,30+,32+,33-,37+/m1/s1. The summed E-state index contributed by atoms with van der Waals surface area (Å²) in [4.78, 5) is 61.8. The van der Waals surface area contributed by atoms with Gasteiger partial charge in [-0.3, -0.25) is 19.2 Å². The van der Waals surface area contributed by atoms with Crippen molar-refractivity contribution in [3.63, 3.8) is 0 Å². The molecule has 2 aromatic rings. The van der Waals surface area contributed by atoms with Crippen molar-refractivity contribution in [1.29, 1.82) is 0 Å². The zero-order chi connectivity index (χ0) is 34.3. The third-order valence-electron chi connectivity index (χ3n) is 10.4. The number of aliphatic hydroxyl groups excluding tert-OH is 1. The van der Waals surface area contributed by atoms with E-state index < -0.39 is 65.6 Å². The second-order valence-corrected chi connectivity index (χ2v) is 13.5. The summed E-state index contributed by atoms with van der Waals surface area (Å²) < 4.78 is 13.1. The number of halogens is 1. The van der Waals surface area contributed by atoms with Crippen molar-refractivity contribution in [2.24, 2.45) is 11.8 Å². The lowest BCUT2D eigenvalue weighted by atomic mass is 9.77. The van der Waals surface area contributed by atoms with Crippen LogP contribution in [0.15, 0.2) is 72.8 Å². The molecule has 0 bridgehead atoms. The fourth-order valence-corrected chi connectivity index (χ4v) is 8.12. The lowest BCUT2D eigenvalue weighted by molar-refractivity contribution is -0.164. The zero-order valence-corrected chi connectivity index (χ0v) is 28.4. The minimum Gasteiger partial charge on any atom is -0.455 e. The van der Waals surface area contributed by atoms with Crippen molar-refractivity contribution in [2.75, 3.05) is 25.1 Å². The first-order valence-electron chi connectivity index (χ1n) is 16.6. The van der Waals surface area contributed by atoms with E-state index in [4.69, 9.17) is 21.1 Å². The second-order valence-electron chi connectivity index (χ2n) is 13.1. The topological polar surface area (TPSA) is 117 Å². The number of para-hydroxylation sites is 1. The summed E-state index contributed by atoms with van der Waals surface area (Å²) in [5.41, 5.74) is 0.466. The molecule has 0 aliphatic carbocycles. The number of esters is 1. The van der Waals surface area contributed by atoms with Gasteiger partial charge < -0.3 is 29.3 Å². The molecule has 10 nitrogen and oxygen atoms in total. The van der Waals surface area contributed by atoms with Gasteiger partial charge in [-0.05, 0) is 43.9 Å². The molecular weight excluding hydrogens is 634 g/mol. The van der Waals surface area contributed by atoms with E-state index in [0.29, 0.717) is 29.1 Å². The van der Waals surface area contributed by atoms with E-state index in [-0.39, 0.29) is 25.5 Å². The molecule has 1 N–H and O–H groups in total. The van der Waals surface area contributed by atoms with E-state index in [0.717, 1.165) is 5.56 Å². The van der Waals surface area contributed by atoms with Gasteiger partial charge in [0.25, 0.3) is 5.91 Å². The number of aryl methyl sites for hydroxylation is 1. The number of ether oxygens (including phenoxy) is 2. The van der Waals surface area contributed by atoms with Gasteiger partial charge in [0.05, 0.1) is 41.4 Å². The number of rotatable bonds is 5. The number of amides is 3. The van der Waals surface area contributed by atoms with Gasteiger partial charge in [0.2, 0.25) is 11.8 Å². The zero-order valence-electron chi connectivity index (χ0n) is 27.6. The van der Waals surface area contributed by atoms with E-state index in [1.165, 1.54) is 4.90 Å². The smallest absolute Gasteiger partial charge is 0.313 e. The maximum Gasteiger partial charge on any atom is 0.313 e. The Balaban J connectivity index is 1.48. The van der Waals surface area contributed by atoms with Gasteiger partial charge in [-0.2, -0.15) is 0 Å². The molecule has 4 heterocycles. The van der Waals surface area contributed by atoms with Crippen LogP contribution in [0, 0.1) is 18.8 Å². The molecule has 0 radical (unpaired) electrons. The van der Waals surface area contributed by atoms with Gasteiger partial charge in [-0.1, -0.05) is 85.3 Å². The van der Waals surface area contributed by atoms with E-state index in [9.17, 15) is 24.3 Å². The van der Waals surface area contributed by atoms with Crippen molar-refractivity contribution in [1.82, 2.24) is 9.80 Å². The van der Waals surface area contributed by atoms with Gasteiger partial charge >= 0.3 is 5.97 Å². The van der Waals surface area contributed by atoms with Crippen molar-refractivity contribution in [2.45, 2.75) is 76.0 Å². The quantitative estimate of drug-likeness (QED) is 0.369. The highest BCUT2D eigenvalue weighted by Crippen LogP contribution is 2.54. The van der Waals surface area contributed by atoms with Gasteiger partial charge in [-0.15, -0.1) is 0 Å². The number of hydrogen-bond acceptors (Lipinski definition) is 7. The second kappa shape index (κ2) is 13.5. The molecule has 48 heavy (non-hydrogen) atoms. The molecular formula is C37H42ClN3O7. The maximum absolute atomic E-state index is 14.8. The summed E-state index contributed by atoms with van der Waals surface area (Å²) in [6, 6.07) is 12.2. The lowest BCUT2D eigenvalue weighted by Gasteiger charge is -2.38. The number of allylic oxidation sites excluding steroid dienone is 1. The van der Waals surface area contributed by atoms with E-state index in [1.54, 1.807) is 53.3 Å². The van der Waals surface area contributed by atoms with Crippen LogP contribution in [0.5, 0.6) is 0 Å². The number of hydrogen-bond donors (Lipinski definition) is 1. The van der Waals surface area contributed by atoms with Crippen LogP contribution in [0.3, 0.4) is 0 Å². The third kappa shape index (κ3) is 5.53. The van der Waals surface area contributed by atoms with Gasteiger partial charge in [0.15, 0.2) is 0 Å². The predicted molar refractivity (Wildman–Crippen MR) is 180 cm³/mol. The molecule has 11 heteroatoms. The molecule has 2 saturated heterocycles. The Morgan fingerprint density at radius 1 is 1.04 bits per heavy atom. The summed E-state index contributed by atoms with van der Waals surface area (Å²) in [6.45, 7) is 5.31. The number of likely N-dealkylation sites (N-methyl/N-ethyl adjacent to an activating group) is 1. The largest absolute Gasteiger partial charge is 0.455 e. The number of anilines is 1. The Morgan fingerprint density at radius 3 is 2.48 bits per heavy atom. The summed E-state index contributed by atoms with van der Waals surface area (Å²) in [5, 5.41) is 10.9. The molecule has 0 unspecified atom stereocenters. The Morgan fingerprint density at radius 2 is 1.79 bits per heavy atom. The molecule has 4 aliphatic rings. The van der Waals surface area contributed by atoms with Crippen LogP contribution >= 0.6 is 11.6 Å². The molecule has 254 valence electrons. The van der Waals surface area contributed by atoms with Crippen molar-refractivity contribution in [3.05, 3.63) is 89.0 Å². The van der Waals surface area contributed by atoms with Crippen LogP contribution in [-0.4, -0.2) is 88.6 Å². The van der Waals surface area contributed by atoms with E-state index in [1.807, 2.05) is 57.2 Å². The normalized spacial score (nSPS) is 32.1. The maximum atomic E-state index is 14.8. The van der Waals surface area contributed by atoms with Crippen LogP contribution in [0.25, 0.3) is 0 Å². The minimum atomic E-state index is -1.54. The average Bonchev–Trinajstić information content (AvgIpc) is 3.47. The molecule has 0 saturated carbocycles. The first-order valence-corrected chi connectivity index (χ1v) is 17.0. The molecule has 0 aromatic heterocycles.